The molecule has 0 saturated carbocycles. The molecule has 33 heavy (non-hydrogen) atoms. The van der Waals surface area contributed by atoms with Gasteiger partial charge in [-0.1, -0.05) is 60.7 Å². The van der Waals surface area contributed by atoms with Crippen LogP contribution in [-0.4, -0.2) is 23.1 Å². The zero-order chi connectivity index (χ0) is 24.7. The summed E-state index contributed by atoms with van der Waals surface area (Å²) in [5.74, 6) is 0.583. The second-order valence-electron chi connectivity index (χ2n) is 6.99. The Morgan fingerprint density at radius 1 is 0.727 bits per heavy atom. The summed E-state index contributed by atoms with van der Waals surface area (Å²) in [4.78, 5) is 14.5. The Morgan fingerprint density at radius 2 is 1.18 bits per heavy atom. The van der Waals surface area contributed by atoms with Crippen molar-refractivity contribution in [2.45, 2.75) is 39.8 Å². The van der Waals surface area contributed by atoms with E-state index in [9.17, 15) is 4.79 Å². The maximum absolute atomic E-state index is 12.7. The molecule has 3 rings (SSSR count). The minimum Gasteiger partial charge on any atom is 0 e. The molecule has 1 amide bonds. The van der Waals surface area contributed by atoms with Crippen LogP contribution in [0.4, 0.5) is 4.79 Å². The minimum atomic E-state index is -0.317. The van der Waals surface area contributed by atoms with E-state index < -0.39 is 0 Å². The Hall–Kier alpha value is -3.06. The first-order valence-electron chi connectivity index (χ1n) is 9.67. The summed E-state index contributed by atoms with van der Waals surface area (Å²) in [6.07, 6.45) is -0.317. The van der Waals surface area contributed by atoms with Crippen LogP contribution in [0.3, 0.4) is 0 Å². The largest absolute Gasteiger partial charge is 0 e. The van der Waals surface area contributed by atoms with Crippen LogP contribution in [0, 0.1) is 20.0 Å². The fourth-order valence-electron chi connectivity index (χ4n) is 3.40. The van der Waals surface area contributed by atoms with E-state index >= 15 is 0 Å². The molecule has 0 radical (unpaired) electrons. The molecule has 0 bridgehead atoms. The molecule has 0 aliphatic rings. The number of carbonyl (C=O) groups is 1. The van der Waals surface area contributed by atoms with Crippen LogP contribution in [0.15, 0.2) is 66.7 Å². The molecule has 0 spiro atoms. The van der Waals surface area contributed by atoms with Gasteiger partial charge in [-0.15, -0.1) is 0 Å². The molecule has 0 fully saturated rings. The standard InChI is InChI=1S/C23H25NO2.3CO.Cr/c1-16(2)24(17(3)4)23(25)26-22-15-8-7-13-21(22)20-14-9-11-18-10-5-6-12-19(18)20;3*1-2;/h5-17H,1-4H3;;;;. The maximum atomic E-state index is 12.7. The third kappa shape index (κ3) is 8.77. The van der Waals surface area contributed by atoms with Crippen molar-refractivity contribution in [2.75, 3.05) is 0 Å². The zero-order valence-corrected chi connectivity index (χ0v) is 20.2. The van der Waals surface area contributed by atoms with Crippen molar-refractivity contribution >= 4 is 16.9 Å². The molecule has 0 aromatic heterocycles. The van der Waals surface area contributed by atoms with E-state index in [1.165, 1.54) is 0 Å². The molecule has 7 heteroatoms. The Bertz CT molecular complexity index is 1030. The molecule has 6 nitrogen and oxygen atoms in total. The van der Waals surface area contributed by atoms with E-state index in [-0.39, 0.29) is 35.5 Å². The van der Waals surface area contributed by atoms with Crippen molar-refractivity contribution in [1.29, 1.82) is 0 Å². The van der Waals surface area contributed by atoms with Gasteiger partial charge in [-0.2, -0.15) is 0 Å². The summed E-state index contributed by atoms with van der Waals surface area (Å²) in [6, 6.07) is 22.3. The van der Waals surface area contributed by atoms with Crippen molar-refractivity contribution in [3.63, 3.8) is 0 Å². The predicted octanol–water partition coefficient (Wildman–Crippen LogP) is 6.01. The van der Waals surface area contributed by atoms with Gasteiger partial charge in [0.1, 0.15) is 5.75 Å². The molecule has 0 heterocycles. The van der Waals surface area contributed by atoms with Gasteiger partial charge in [-0.3, -0.25) is 0 Å². The summed E-state index contributed by atoms with van der Waals surface area (Å²) in [5, 5.41) is 2.31. The summed E-state index contributed by atoms with van der Waals surface area (Å²) in [6.45, 7) is 21.5. The van der Waals surface area contributed by atoms with E-state index in [4.69, 9.17) is 18.7 Å². The smallest absolute Gasteiger partial charge is 0 e. The van der Waals surface area contributed by atoms with Gasteiger partial charge in [0.2, 0.25) is 0 Å². The van der Waals surface area contributed by atoms with Crippen LogP contribution < -0.4 is 4.74 Å². The quantitative estimate of drug-likeness (QED) is 0.336. The maximum Gasteiger partial charge on any atom is 0 e. The van der Waals surface area contributed by atoms with Crippen LogP contribution in [-0.2, 0) is 31.3 Å². The number of rotatable bonds is 4. The van der Waals surface area contributed by atoms with Crippen molar-refractivity contribution in [3.8, 4) is 16.9 Å². The topological polar surface area (TPSA) is 89.2 Å². The molecule has 0 aliphatic carbocycles. The van der Waals surface area contributed by atoms with Gasteiger partial charge in [-0.25, -0.2) is 4.79 Å². The number of hydrogen-bond acceptors (Lipinski definition) is 2. The van der Waals surface area contributed by atoms with E-state index in [1.807, 2.05) is 70.2 Å². The molecular formula is C26H25CrNO5. The van der Waals surface area contributed by atoms with E-state index in [1.54, 1.807) is 4.90 Å². The van der Waals surface area contributed by atoms with Gasteiger partial charge in [0.15, 0.2) is 0 Å². The van der Waals surface area contributed by atoms with Gasteiger partial charge < -0.3 is 9.64 Å². The van der Waals surface area contributed by atoms with Crippen LogP contribution in [0.25, 0.3) is 21.9 Å². The normalized spacial score (nSPS) is 8.97. The number of para-hydroxylation sites is 1. The summed E-state index contributed by atoms with van der Waals surface area (Å²) < 4.78 is 28.3. The Labute approximate surface area is 205 Å². The fraction of sp³-hybridized carbons (Fsp3) is 0.231. The average Bonchev–Trinajstić information content (AvgIpc) is 2.82. The molecular weight excluding hydrogens is 458 g/mol. The number of ether oxygens (including phenoxy) is 1. The van der Waals surface area contributed by atoms with Gasteiger partial charge >= 0.3 is 40.0 Å². The Balaban J connectivity index is 0. The number of benzene rings is 3. The Kier molecular flexibility index (Phi) is 17.0. The van der Waals surface area contributed by atoms with Crippen molar-refractivity contribution in [1.82, 2.24) is 4.90 Å². The van der Waals surface area contributed by atoms with Crippen molar-refractivity contribution in [2.24, 2.45) is 0 Å². The molecule has 0 atom stereocenters. The summed E-state index contributed by atoms with van der Waals surface area (Å²) >= 11 is 0. The first-order chi connectivity index (χ1) is 15.5. The molecule has 0 unspecified atom stereocenters. The van der Waals surface area contributed by atoms with E-state index in [2.05, 4.69) is 44.2 Å². The molecule has 3 aromatic rings. The average molecular weight is 483 g/mol. The van der Waals surface area contributed by atoms with E-state index in [0.29, 0.717) is 5.75 Å². The summed E-state index contributed by atoms with van der Waals surface area (Å²) in [7, 11) is 0. The third-order valence-corrected chi connectivity index (χ3v) is 4.49. The molecule has 3 aromatic carbocycles. The fourth-order valence-corrected chi connectivity index (χ4v) is 3.40. The molecule has 0 saturated heterocycles. The monoisotopic (exact) mass is 483 g/mol. The molecule has 170 valence electrons. The second kappa shape index (κ2) is 17.5. The second-order valence-corrected chi connectivity index (χ2v) is 6.99. The number of carbonyl (C=O) groups excluding carboxylic acids is 1. The van der Waals surface area contributed by atoms with Crippen LogP contribution >= 0.6 is 0 Å². The summed E-state index contributed by atoms with van der Waals surface area (Å²) in [5.41, 5.74) is 1.98. The SMILES string of the molecule is CC(C)N(C(=O)Oc1ccccc1-c1cccc2ccccc12)C(C)C.[C-]#[O+].[C-]#[O+].[C-]#[O+].[Cr]. The first kappa shape index (κ1) is 32.1. The first-order valence-corrected chi connectivity index (χ1v) is 9.67. The minimum absolute atomic E-state index is 0. The van der Waals surface area contributed by atoms with Gasteiger partial charge in [0.25, 0.3) is 0 Å². The number of hydrogen-bond donors (Lipinski definition) is 0. The van der Waals surface area contributed by atoms with Crippen molar-refractivity contribution in [3.05, 3.63) is 86.7 Å². The number of fused-ring (bicyclic) bond motifs is 1. The van der Waals surface area contributed by atoms with Crippen molar-refractivity contribution < 1.29 is 40.8 Å². The van der Waals surface area contributed by atoms with Gasteiger partial charge in [0.05, 0.1) is 0 Å². The molecule has 0 aliphatic heterocycles. The zero-order valence-electron chi connectivity index (χ0n) is 18.9. The number of amides is 1. The van der Waals surface area contributed by atoms with Gasteiger partial charge in [-0.05, 0) is 50.1 Å². The van der Waals surface area contributed by atoms with Crippen LogP contribution in [0.1, 0.15) is 27.7 Å². The number of nitrogens with zero attached hydrogens (tertiary/aromatic N) is 1. The van der Waals surface area contributed by atoms with E-state index in [0.717, 1.165) is 21.9 Å². The van der Waals surface area contributed by atoms with Crippen LogP contribution in [0.2, 0.25) is 0 Å². The van der Waals surface area contributed by atoms with Gasteiger partial charge in [0, 0.05) is 35.0 Å². The van der Waals surface area contributed by atoms with Crippen LogP contribution in [0.5, 0.6) is 5.75 Å². The third-order valence-electron chi connectivity index (χ3n) is 4.49. The predicted molar refractivity (Wildman–Crippen MR) is 119 cm³/mol. The molecule has 0 N–H and O–H groups in total. The Morgan fingerprint density at radius 3 is 1.76 bits per heavy atom.